The fraction of sp³-hybridized carbons (Fsp3) is 0.243. The maximum atomic E-state index is 13.0. The number of aromatic amines is 1. The lowest BCUT2D eigenvalue weighted by Crippen LogP contribution is -2.15. The number of H-pyrrole nitrogens is 1. The molecule has 0 atom stereocenters. The maximum absolute atomic E-state index is 13.0. The predicted octanol–water partition coefficient (Wildman–Crippen LogP) is 8.02. The lowest BCUT2D eigenvalue weighted by atomic mass is 9.85. The van der Waals surface area contributed by atoms with E-state index in [9.17, 15) is 15.0 Å². The van der Waals surface area contributed by atoms with Gasteiger partial charge in [-0.3, -0.25) is 14.8 Å². The number of aromatic nitrogens is 2. The van der Waals surface area contributed by atoms with Crippen LogP contribution in [-0.2, 0) is 17.3 Å². The molecule has 0 aliphatic carbocycles. The van der Waals surface area contributed by atoms with Crippen LogP contribution >= 0.6 is 0 Å². The van der Waals surface area contributed by atoms with Crippen molar-refractivity contribution in [2.24, 2.45) is 9.98 Å². The van der Waals surface area contributed by atoms with E-state index in [0.717, 1.165) is 16.7 Å². The van der Waals surface area contributed by atoms with Crippen LogP contribution in [0.1, 0.15) is 75.1 Å². The highest BCUT2D eigenvalue weighted by Crippen LogP contribution is 2.36. The molecule has 0 aliphatic heterocycles. The SMILES string of the molecule is CC(C)(C)c1cccc(C=Nc2cc3nc(Cc4ccccc4)c(=O)[nH]c3cc2N=Cc2cccc(C(C)(C)C)c2O)c1O. The fourth-order valence-electron chi connectivity index (χ4n) is 5.08. The minimum absolute atomic E-state index is 0.166. The first-order chi connectivity index (χ1) is 20.8. The summed E-state index contributed by atoms with van der Waals surface area (Å²) >= 11 is 0. The Morgan fingerprint density at radius 2 is 1.25 bits per heavy atom. The number of fused-ring (bicyclic) bond motifs is 1. The normalized spacial score (nSPS) is 12.5. The molecule has 0 aliphatic rings. The van der Waals surface area contributed by atoms with Gasteiger partial charge in [-0.1, -0.05) is 96.1 Å². The van der Waals surface area contributed by atoms with Crippen LogP contribution in [0.2, 0.25) is 0 Å². The minimum atomic E-state index is -0.271. The summed E-state index contributed by atoms with van der Waals surface area (Å²) in [5.74, 6) is 0.338. The van der Waals surface area contributed by atoms with Gasteiger partial charge < -0.3 is 15.2 Å². The Hall–Kier alpha value is -5.04. The number of aliphatic imine (C=N–C) groups is 2. The molecule has 0 spiro atoms. The molecule has 3 N–H and O–H groups in total. The van der Waals surface area contributed by atoms with Crippen molar-refractivity contribution < 1.29 is 10.2 Å². The molecule has 1 aromatic heterocycles. The van der Waals surface area contributed by atoms with E-state index in [-0.39, 0.29) is 27.9 Å². The summed E-state index contributed by atoms with van der Waals surface area (Å²) < 4.78 is 0. The highest BCUT2D eigenvalue weighted by molar-refractivity contribution is 5.93. The zero-order valence-electron chi connectivity index (χ0n) is 26.0. The van der Waals surface area contributed by atoms with Crippen LogP contribution in [0.25, 0.3) is 11.0 Å². The van der Waals surface area contributed by atoms with Crippen molar-refractivity contribution in [3.05, 3.63) is 123 Å². The third-order valence-electron chi connectivity index (χ3n) is 7.51. The number of hydrogen-bond donors (Lipinski definition) is 3. The molecule has 0 bridgehead atoms. The van der Waals surface area contributed by atoms with Crippen molar-refractivity contribution in [1.29, 1.82) is 0 Å². The number of benzene rings is 4. The van der Waals surface area contributed by atoms with E-state index in [1.54, 1.807) is 30.6 Å². The molecule has 224 valence electrons. The number of aromatic hydroxyl groups is 2. The van der Waals surface area contributed by atoms with E-state index in [0.29, 0.717) is 45.6 Å². The Balaban J connectivity index is 1.63. The van der Waals surface area contributed by atoms with Crippen molar-refractivity contribution in [3.8, 4) is 11.5 Å². The molecule has 0 amide bonds. The summed E-state index contributed by atoms with van der Waals surface area (Å²) in [6.07, 6.45) is 3.60. The van der Waals surface area contributed by atoms with Crippen LogP contribution in [0.15, 0.2) is 93.6 Å². The van der Waals surface area contributed by atoms with E-state index in [4.69, 9.17) is 15.0 Å². The smallest absolute Gasteiger partial charge is 0.270 e. The molecule has 1 heterocycles. The Bertz CT molecular complexity index is 1940. The minimum Gasteiger partial charge on any atom is -0.507 e. The molecular weight excluding hydrogens is 548 g/mol. The lowest BCUT2D eigenvalue weighted by molar-refractivity contribution is 0.445. The average Bonchev–Trinajstić information content (AvgIpc) is 2.96. The van der Waals surface area contributed by atoms with Crippen molar-refractivity contribution in [3.63, 3.8) is 0 Å². The number of phenols is 2. The first kappa shape index (κ1) is 30.4. The zero-order chi connectivity index (χ0) is 31.6. The molecule has 0 saturated heterocycles. The lowest BCUT2D eigenvalue weighted by Gasteiger charge is -2.21. The third kappa shape index (κ3) is 6.62. The van der Waals surface area contributed by atoms with Crippen LogP contribution < -0.4 is 5.56 Å². The van der Waals surface area contributed by atoms with Gasteiger partial charge >= 0.3 is 0 Å². The second kappa shape index (κ2) is 11.9. The van der Waals surface area contributed by atoms with Gasteiger partial charge in [-0.05, 0) is 51.8 Å². The van der Waals surface area contributed by atoms with Gasteiger partial charge in [-0.2, -0.15) is 0 Å². The molecule has 0 unspecified atom stereocenters. The van der Waals surface area contributed by atoms with Gasteiger partial charge in [-0.25, -0.2) is 4.98 Å². The van der Waals surface area contributed by atoms with Gasteiger partial charge in [0.05, 0.1) is 22.4 Å². The van der Waals surface area contributed by atoms with Crippen LogP contribution in [0.3, 0.4) is 0 Å². The summed E-state index contributed by atoms with van der Waals surface area (Å²) in [4.78, 5) is 30.1. The summed E-state index contributed by atoms with van der Waals surface area (Å²) in [6.45, 7) is 12.3. The molecule has 7 heteroatoms. The Labute approximate surface area is 257 Å². The molecular formula is C37H38N4O3. The number of rotatable bonds is 6. The van der Waals surface area contributed by atoms with E-state index in [1.807, 2.05) is 102 Å². The number of para-hydroxylation sites is 2. The Morgan fingerprint density at radius 3 is 1.77 bits per heavy atom. The van der Waals surface area contributed by atoms with E-state index in [1.165, 1.54) is 0 Å². The molecule has 4 aromatic carbocycles. The van der Waals surface area contributed by atoms with E-state index < -0.39 is 0 Å². The predicted molar refractivity (Wildman–Crippen MR) is 180 cm³/mol. The van der Waals surface area contributed by atoms with Gasteiger partial charge in [0, 0.05) is 30.0 Å². The molecule has 7 nitrogen and oxygen atoms in total. The molecule has 0 radical (unpaired) electrons. The average molecular weight is 587 g/mol. The van der Waals surface area contributed by atoms with E-state index in [2.05, 4.69) is 4.98 Å². The topological polar surface area (TPSA) is 111 Å². The molecule has 0 fully saturated rings. The summed E-state index contributed by atoms with van der Waals surface area (Å²) in [5, 5.41) is 22.0. The number of nitrogens with zero attached hydrogens (tertiary/aromatic N) is 3. The number of nitrogens with one attached hydrogen (secondary N) is 1. The molecule has 44 heavy (non-hydrogen) atoms. The Morgan fingerprint density at radius 1 is 0.727 bits per heavy atom. The van der Waals surface area contributed by atoms with Crippen LogP contribution in [0.4, 0.5) is 11.4 Å². The second-order valence-electron chi connectivity index (χ2n) is 13.0. The summed E-state index contributed by atoms with van der Waals surface area (Å²) in [7, 11) is 0. The third-order valence-corrected chi connectivity index (χ3v) is 7.51. The van der Waals surface area contributed by atoms with Gasteiger partial charge in [0.1, 0.15) is 17.2 Å². The zero-order valence-corrected chi connectivity index (χ0v) is 26.0. The standard InChI is InChI=1S/C37H38N4O3/c1-36(2,3)26-16-10-14-24(33(26)42)21-38-28-19-30-31(41-35(44)32(40-30)18-23-12-8-7-9-13-23)20-29(28)39-22-25-15-11-17-27(34(25)43)37(4,5)6/h7-17,19-22,42-43H,18H2,1-6H3,(H,41,44). The van der Waals surface area contributed by atoms with Gasteiger partial charge in [-0.15, -0.1) is 0 Å². The first-order valence-corrected chi connectivity index (χ1v) is 14.7. The highest BCUT2D eigenvalue weighted by Gasteiger charge is 2.20. The fourth-order valence-corrected chi connectivity index (χ4v) is 5.08. The van der Waals surface area contributed by atoms with Gasteiger partial charge in [0.25, 0.3) is 5.56 Å². The second-order valence-corrected chi connectivity index (χ2v) is 13.0. The first-order valence-electron chi connectivity index (χ1n) is 14.7. The van der Waals surface area contributed by atoms with Crippen LogP contribution in [0.5, 0.6) is 11.5 Å². The summed E-state index contributed by atoms with van der Waals surface area (Å²) in [6, 6.07) is 24.4. The van der Waals surface area contributed by atoms with Crippen molar-refractivity contribution in [2.45, 2.75) is 58.8 Å². The van der Waals surface area contributed by atoms with Crippen molar-refractivity contribution >= 4 is 34.8 Å². The molecule has 5 rings (SSSR count). The van der Waals surface area contributed by atoms with Crippen molar-refractivity contribution in [2.75, 3.05) is 0 Å². The molecule has 0 saturated carbocycles. The highest BCUT2D eigenvalue weighted by atomic mass is 16.3. The Kier molecular flexibility index (Phi) is 8.24. The van der Waals surface area contributed by atoms with Crippen LogP contribution in [-0.4, -0.2) is 32.6 Å². The quantitative estimate of drug-likeness (QED) is 0.175. The monoisotopic (exact) mass is 586 g/mol. The number of hydrogen-bond acceptors (Lipinski definition) is 6. The number of phenolic OH excluding ortho intramolecular Hbond substituents is 2. The maximum Gasteiger partial charge on any atom is 0.270 e. The summed E-state index contributed by atoms with van der Waals surface area (Å²) in [5.41, 5.74) is 5.41. The largest absolute Gasteiger partial charge is 0.507 e. The van der Waals surface area contributed by atoms with Gasteiger partial charge in [0.2, 0.25) is 0 Å². The van der Waals surface area contributed by atoms with E-state index >= 15 is 0 Å². The molecule has 5 aromatic rings. The van der Waals surface area contributed by atoms with Crippen molar-refractivity contribution in [1.82, 2.24) is 9.97 Å². The van der Waals surface area contributed by atoms with Gasteiger partial charge in [0.15, 0.2) is 0 Å². The van der Waals surface area contributed by atoms with Crippen LogP contribution in [0, 0.1) is 0 Å².